The van der Waals surface area contributed by atoms with E-state index in [1.807, 2.05) is 12.1 Å². The molecule has 31 heavy (non-hydrogen) atoms. The summed E-state index contributed by atoms with van der Waals surface area (Å²) in [5.74, 6) is -0.399. The summed E-state index contributed by atoms with van der Waals surface area (Å²) in [4.78, 5) is 16.8. The van der Waals surface area contributed by atoms with Crippen molar-refractivity contribution in [3.8, 4) is 0 Å². The van der Waals surface area contributed by atoms with E-state index in [-0.39, 0.29) is 15.6 Å². The molecule has 0 saturated heterocycles. The lowest BCUT2D eigenvalue weighted by Gasteiger charge is -2.12. The van der Waals surface area contributed by atoms with Gasteiger partial charge in [-0.15, -0.1) is 0 Å². The molecule has 0 spiro atoms. The smallest absolute Gasteiger partial charge is 0.263 e. The Morgan fingerprint density at radius 3 is 2.39 bits per heavy atom. The summed E-state index contributed by atoms with van der Waals surface area (Å²) in [5.41, 5.74) is 1.69. The summed E-state index contributed by atoms with van der Waals surface area (Å²) < 4.78 is 28.1. The standard InChI is InChI=1S/C22H15Cl2N3O3S/c23-16-5-7-17(8-6-16)27-31(29,30)21-13-18(9-10-19(21)24)26-22(28)15-4-3-14-2-1-11-25-20(14)12-15/h1-13,27H,(H,26,28). The van der Waals surface area contributed by atoms with E-state index < -0.39 is 15.9 Å². The average molecular weight is 472 g/mol. The molecule has 0 atom stereocenters. The number of aromatic nitrogens is 1. The Labute approximate surface area is 188 Å². The van der Waals surface area contributed by atoms with E-state index in [0.29, 0.717) is 21.8 Å². The van der Waals surface area contributed by atoms with Gasteiger partial charge in [-0.3, -0.25) is 14.5 Å². The van der Waals surface area contributed by atoms with Gasteiger partial charge in [0.15, 0.2) is 0 Å². The van der Waals surface area contributed by atoms with Crippen LogP contribution in [0.2, 0.25) is 10.0 Å². The minimum Gasteiger partial charge on any atom is -0.322 e. The number of nitrogens with one attached hydrogen (secondary N) is 2. The van der Waals surface area contributed by atoms with Crippen LogP contribution < -0.4 is 10.0 Å². The molecule has 0 unspecified atom stereocenters. The Morgan fingerprint density at radius 2 is 1.61 bits per heavy atom. The third kappa shape index (κ3) is 4.80. The van der Waals surface area contributed by atoms with Crippen LogP contribution >= 0.6 is 23.2 Å². The number of hydrogen-bond acceptors (Lipinski definition) is 4. The fourth-order valence-electron chi connectivity index (χ4n) is 2.93. The zero-order valence-corrected chi connectivity index (χ0v) is 18.2. The molecule has 0 bridgehead atoms. The van der Waals surface area contributed by atoms with Gasteiger partial charge in [0.05, 0.1) is 10.5 Å². The molecule has 1 heterocycles. The lowest BCUT2D eigenvalue weighted by molar-refractivity contribution is 0.102. The monoisotopic (exact) mass is 471 g/mol. The Kier molecular flexibility index (Phi) is 5.82. The number of anilines is 2. The molecular formula is C22H15Cl2N3O3S. The quantitative estimate of drug-likeness (QED) is 0.396. The van der Waals surface area contributed by atoms with E-state index in [0.717, 1.165) is 5.39 Å². The van der Waals surface area contributed by atoms with Gasteiger partial charge in [0.2, 0.25) is 0 Å². The maximum atomic E-state index is 12.8. The molecule has 9 heteroatoms. The number of benzene rings is 3. The van der Waals surface area contributed by atoms with Crippen molar-refractivity contribution in [2.24, 2.45) is 0 Å². The van der Waals surface area contributed by atoms with Crippen molar-refractivity contribution in [1.29, 1.82) is 0 Å². The molecule has 0 aliphatic heterocycles. The average Bonchev–Trinajstić information content (AvgIpc) is 2.76. The number of fused-ring (bicyclic) bond motifs is 1. The van der Waals surface area contributed by atoms with Crippen molar-refractivity contribution >= 4 is 61.4 Å². The lowest BCUT2D eigenvalue weighted by atomic mass is 10.1. The highest BCUT2D eigenvalue weighted by Gasteiger charge is 2.19. The highest BCUT2D eigenvalue weighted by molar-refractivity contribution is 7.92. The topological polar surface area (TPSA) is 88.2 Å². The number of sulfonamides is 1. The number of amides is 1. The number of carbonyl (C=O) groups excluding carboxylic acids is 1. The van der Waals surface area contributed by atoms with Gasteiger partial charge in [0.25, 0.3) is 15.9 Å². The second-order valence-electron chi connectivity index (χ2n) is 6.62. The summed E-state index contributed by atoms with van der Waals surface area (Å²) in [6.07, 6.45) is 1.65. The normalized spacial score (nSPS) is 11.3. The maximum Gasteiger partial charge on any atom is 0.263 e. The first-order chi connectivity index (χ1) is 14.8. The fraction of sp³-hybridized carbons (Fsp3) is 0. The molecule has 1 aromatic heterocycles. The number of pyridine rings is 1. The molecular weight excluding hydrogens is 457 g/mol. The molecule has 4 rings (SSSR count). The molecule has 0 aliphatic carbocycles. The van der Waals surface area contributed by atoms with Crippen molar-refractivity contribution in [2.75, 3.05) is 10.0 Å². The summed E-state index contributed by atoms with van der Waals surface area (Å²) in [6, 6.07) is 19.3. The molecule has 1 amide bonds. The Morgan fingerprint density at radius 1 is 0.871 bits per heavy atom. The minimum absolute atomic E-state index is 0.0226. The SMILES string of the molecule is O=C(Nc1ccc(Cl)c(S(=O)(=O)Nc2ccc(Cl)cc2)c1)c1ccc2cccnc2c1. The number of rotatable bonds is 5. The van der Waals surface area contributed by atoms with Gasteiger partial charge < -0.3 is 5.32 Å². The van der Waals surface area contributed by atoms with Gasteiger partial charge in [-0.05, 0) is 60.7 Å². The molecule has 156 valence electrons. The Hall–Kier alpha value is -3.13. The molecule has 0 radical (unpaired) electrons. The van der Waals surface area contributed by atoms with Crippen LogP contribution in [0, 0.1) is 0 Å². The molecule has 0 saturated carbocycles. The minimum atomic E-state index is -3.99. The third-order valence-electron chi connectivity index (χ3n) is 4.44. The van der Waals surface area contributed by atoms with Crippen molar-refractivity contribution in [2.45, 2.75) is 4.90 Å². The van der Waals surface area contributed by atoms with Crippen LogP contribution in [0.4, 0.5) is 11.4 Å². The van der Waals surface area contributed by atoms with E-state index >= 15 is 0 Å². The van der Waals surface area contributed by atoms with Crippen LogP contribution in [0.1, 0.15) is 10.4 Å². The van der Waals surface area contributed by atoms with Crippen LogP contribution in [-0.4, -0.2) is 19.3 Å². The first-order valence-corrected chi connectivity index (χ1v) is 11.3. The number of carbonyl (C=O) groups is 1. The van der Waals surface area contributed by atoms with Gasteiger partial charge in [-0.1, -0.05) is 35.3 Å². The van der Waals surface area contributed by atoms with E-state index in [1.54, 1.807) is 36.5 Å². The number of hydrogen-bond donors (Lipinski definition) is 2. The van der Waals surface area contributed by atoms with Gasteiger partial charge in [0, 0.05) is 33.5 Å². The highest BCUT2D eigenvalue weighted by Crippen LogP contribution is 2.28. The first kappa shape index (κ1) is 21.1. The second kappa shape index (κ2) is 8.55. The third-order valence-corrected chi connectivity index (χ3v) is 6.56. The van der Waals surface area contributed by atoms with Gasteiger partial charge in [-0.25, -0.2) is 8.42 Å². The second-order valence-corrected chi connectivity index (χ2v) is 9.12. The van der Waals surface area contributed by atoms with Crippen LogP contribution in [0.5, 0.6) is 0 Å². The molecule has 0 fully saturated rings. The van der Waals surface area contributed by atoms with Gasteiger partial charge >= 0.3 is 0 Å². The van der Waals surface area contributed by atoms with Crippen LogP contribution in [0.3, 0.4) is 0 Å². The van der Waals surface area contributed by atoms with Crippen molar-refractivity contribution in [3.05, 3.63) is 94.6 Å². The van der Waals surface area contributed by atoms with E-state index in [9.17, 15) is 13.2 Å². The predicted molar refractivity (Wildman–Crippen MR) is 123 cm³/mol. The number of nitrogens with zero attached hydrogens (tertiary/aromatic N) is 1. The van der Waals surface area contributed by atoms with E-state index in [1.165, 1.54) is 30.3 Å². The Bertz CT molecular complexity index is 1390. The van der Waals surface area contributed by atoms with Gasteiger partial charge in [0.1, 0.15) is 4.90 Å². The molecule has 2 N–H and O–H groups in total. The van der Waals surface area contributed by atoms with Crippen LogP contribution in [0.25, 0.3) is 10.9 Å². The lowest BCUT2D eigenvalue weighted by Crippen LogP contribution is -2.15. The largest absolute Gasteiger partial charge is 0.322 e. The maximum absolute atomic E-state index is 12.8. The van der Waals surface area contributed by atoms with E-state index in [2.05, 4.69) is 15.0 Å². The zero-order chi connectivity index (χ0) is 22.0. The zero-order valence-electron chi connectivity index (χ0n) is 15.8. The fourth-order valence-corrected chi connectivity index (χ4v) is 4.64. The summed E-state index contributed by atoms with van der Waals surface area (Å²) in [7, 11) is -3.99. The molecule has 4 aromatic rings. The number of halogens is 2. The molecule has 3 aromatic carbocycles. The highest BCUT2D eigenvalue weighted by atomic mass is 35.5. The summed E-state index contributed by atoms with van der Waals surface area (Å²) in [6.45, 7) is 0. The first-order valence-electron chi connectivity index (χ1n) is 9.06. The summed E-state index contributed by atoms with van der Waals surface area (Å²) in [5, 5.41) is 4.11. The van der Waals surface area contributed by atoms with Gasteiger partial charge in [-0.2, -0.15) is 0 Å². The Balaban J connectivity index is 1.59. The predicted octanol–water partition coefficient (Wildman–Crippen LogP) is 5.59. The van der Waals surface area contributed by atoms with Crippen LogP contribution in [0.15, 0.2) is 83.9 Å². The van der Waals surface area contributed by atoms with Crippen molar-refractivity contribution in [3.63, 3.8) is 0 Å². The molecule has 6 nitrogen and oxygen atoms in total. The van der Waals surface area contributed by atoms with Crippen LogP contribution in [-0.2, 0) is 10.0 Å². The molecule has 0 aliphatic rings. The van der Waals surface area contributed by atoms with Crippen molar-refractivity contribution < 1.29 is 13.2 Å². The van der Waals surface area contributed by atoms with E-state index in [4.69, 9.17) is 23.2 Å². The summed E-state index contributed by atoms with van der Waals surface area (Å²) >= 11 is 12.0. The van der Waals surface area contributed by atoms with Crippen molar-refractivity contribution in [1.82, 2.24) is 4.98 Å².